The van der Waals surface area contributed by atoms with Crippen molar-refractivity contribution < 1.29 is 19.4 Å². The van der Waals surface area contributed by atoms with Crippen LogP contribution in [0.4, 0.5) is 0 Å². The van der Waals surface area contributed by atoms with E-state index < -0.39 is 5.97 Å². The first-order chi connectivity index (χ1) is 16.5. The van der Waals surface area contributed by atoms with Gasteiger partial charge in [0.25, 0.3) is 0 Å². The Balaban J connectivity index is 1.39. The molecule has 4 aromatic rings. The van der Waals surface area contributed by atoms with Crippen molar-refractivity contribution in [3.8, 4) is 5.75 Å². The summed E-state index contributed by atoms with van der Waals surface area (Å²) in [5.41, 5.74) is 4.17. The summed E-state index contributed by atoms with van der Waals surface area (Å²) in [6.07, 6.45) is 5.32. The number of benzene rings is 2. The lowest BCUT2D eigenvalue weighted by molar-refractivity contribution is 0.0694. The quantitative estimate of drug-likeness (QED) is 0.352. The zero-order valence-electron chi connectivity index (χ0n) is 19.3. The van der Waals surface area contributed by atoms with Crippen LogP contribution in [0.5, 0.6) is 5.75 Å². The second-order valence-electron chi connectivity index (χ2n) is 8.18. The summed E-state index contributed by atoms with van der Waals surface area (Å²) < 4.78 is 9.06. The third-order valence-corrected chi connectivity index (χ3v) is 5.81. The van der Waals surface area contributed by atoms with Crippen molar-refractivity contribution >= 4 is 11.8 Å². The molecule has 0 saturated carbocycles. The van der Waals surface area contributed by atoms with Crippen LogP contribution in [0.1, 0.15) is 49.7 Å². The van der Waals surface area contributed by atoms with Crippen LogP contribution in [-0.2, 0) is 19.5 Å². The molecule has 7 nitrogen and oxygen atoms in total. The topological polar surface area (TPSA) is 86.4 Å². The van der Waals surface area contributed by atoms with Gasteiger partial charge in [0, 0.05) is 30.1 Å². The van der Waals surface area contributed by atoms with Gasteiger partial charge in [0.15, 0.2) is 0 Å². The monoisotopic (exact) mass is 457 g/mol. The summed E-state index contributed by atoms with van der Waals surface area (Å²) >= 11 is 0. The Labute approximate surface area is 198 Å². The third kappa shape index (κ3) is 5.09. The minimum absolute atomic E-state index is 0.0142. The summed E-state index contributed by atoms with van der Waals surface area (Å²) in [7, 11) is 1.53. The lowest BCUT2D eigenvalue weighted by Gasteiger charge is -2.11. The molecule has 0 atom stereocenters. The molecule has 0 aliphatic carbocycles. The summed E-state index contributed by atoms with van der Waals surface area (Å²) in [5, 5.41) is 14.1. The fourth-order valence-electron chi connectivity index (χ4n) is 4.01. The van der Waals surface area contributed by atoms with Crippen LogP contribution in [0, 0.1) is 6.92 Å². The highest BCUT2D eigenvalue weighted by atomic mass is 16.5. The van der Waals surface area contributed by atoms with E-state index in [0.717, 1.165) is 24.1 Å². The molecular weight excluding hydrogens is 430 g/mol. The molecule has 1 N–H and O–H groups in total. The van der Waals surface area contributed by atoms with Crippen molar-refractivity contribution in [2.75, 3.05) is 7.11 Å². The van der Waals surface area contributed by atoms with Crippen molar-refractivity contribution in [1.82, 2.24) is 14.3 Å². The standard InChI is InChI=1S/C27H27N3O4/c1-19-10-12-20(13-11-19)26(31)24-8-5-16-29(24)15-4-6-21-14-17-30(28-21)18-23-22(27(32)33)7-3-9-25(23)34-2/h3,5,7-14,16-17H,4,6,15,18H2,1-2H3,(H,32,33). The van der Waals surface area contributed by atoms with Gasteiger partial charge in [-0.2, -0.15) is 5.10 Å². The number of aromatic nitrogens is 3. The molecule has 0 bridgehead atoms. The fraction of sp³-hybridized carbons (Fsp3) is 0.222. The molecule has 0 unspecified atom stereocenters. The second kappa shape index (κ2) is 10.2. The van der Waals surface area contributed by atoms with Gasteiger partial charge in [-0.05, 0) is 50.1 Å². The highest BCUT2D eigenvalue weighted by Gasteiger charge is 2.16. The second-order valence-corrected chi connectivity index (χ2v) is 8.18. The van der Waals surface area contributed by atoms with Crippen LogP contribution in [0.2, 0.25) is 0 Å². The number of ketones is 1. The number of hydrogen-bond acceptors (Lipinski definition) is 4. The van der Waals surface area contributed by atoms with Gasteiger partial charge in [-0.15, -0.1) is 0 Å². The van der Waals surface area contributed by atoms with E-state index >= 15 is 0 Å². The minimum Gasteiger partial charge on any atom is -0.496 e. The fourth-order valence-corrected chi connectivity index (χ4v) is 4.01. The van der Waals surface area contributed by atoms with E-state index in [-0.39, 0.29) is 11.3 Å². The van der Waals surface area contributed by atoms with Crippen molar-refractivity contribution in [2.45, 2.75) is 32.9 Å². The Hall–Kier alpha value is -4.13. The molecule has 0 saturated heterocycles. The Bertz CT molecular complexity index is 1300. The Kier molecular flexibility index (Phi) is 6.92. The van der Waals surface area contributed by atoms with Crippen LogP contribution < -0.4 is 4.74 Å². The molecule has 0 radical (unpaired) electrons. The molecular formula is C27H27N3O4. The van der Waals surface area contributed by atoms with Crippen molar-refractivity contribution in [3.05, 3.63) is 107 Å². The van der Waals surface area contributed by atoms with Gasteiger partial charge in [-0.3, -0.25) is 9.48 Å². The molecule has 2 aromatic heterocycles. The molecule has 174 valence electrons. The molecule has 0 fully saturated rings. The zero-order chi connectivity index (χ0) is 24.1. The summed E-state index contributed by atoms with van der Waals surface area (Å²) in [6.45, 7) is 3.00. The van der Waals surface area contributed by atoms with E-state index in [9.17, 15) is 14.7 Å². The lowest BCUT2D eigenvalue weighted by Crippen LogP contribution is -2.11. The number of carboxylic acid groups (broad SMARTS) is 1. The maximum Gasteiger partial charge on any atom is 0.336 e. The molecule has 2 aromatic carbocycles. The number of hydrogen-bond donors (Lipinski definition) is 1. The van der Waals surface area contributed by atoms with E-state index in [2.05, 4.69) is 5.10 Å². The van der Waals surface area contributed by atoms with Crippen LogP contribution >= 0.6 is 0 Å². The van der Waals surface area contributed by atoms with E-state index in [1.165, 1.54) is 7.11 Å². The average Bonchev–Trinajstić information content (AvgIpc) is 3.49. The zero-order valence-corrected chi connectivity index (χ0v) is 19.3. The molecule has 0 aliphatic heterocycles. The molecule has 0 spiro atoms. The number of methoxy groups -OCH3 is 1. The van der Waals surface area contributed by atoms with E-state index in [1.54, 1.807) is 22.9 Å². The Morgan fingerprint density at radius 2 is 1.79 bits per heavy atom. The minimum atomic E-state index is -0.996. The Morgan fingerprint density at radius 3 is 2.53 bits per heavy atom. The maximum atomic E-state index is 12.9. The first kappa shape index (κ1) is 23.0. The number of carboxylic acids is 1. The lowest BCUT2D eigenvalue weighted by atomic mass is 10.1. The number of aromatic carboxylic acids is 1. The van der Waals surface area contributed by atoms with Crippen molar-refractivity contribution in [1.29, 1.82) is 0 Å². The van der Waals surface area contributed by atoms with Gasteiger partial charge >= 0.3 is 5.97 Å². The smallest absolute Gasteiger partial charge is 0.336 e. The van der Waals surface area contributed by atoms with Crippen molar-refractivity contribution in [2.24, 2.45) is 0 Å². The number of ether oxygens (including phenoxy) is 1. The maximum absolute atomic E-state index is 12.9. The first-order valence-corrected chi connectivity index (χ1v) is 11.1. The molecule has 7 heteroatoms. The van der Waals surface area contributed by atoms with E-state index in [1.807, 2.05) is 66.3 Å². The van der Waals surface area contributed by atoms with E-state index in [0.29, 0.717) is 35.7 Å². The normalized spacial score (nSPS) is 10.9. The molecule has 34 heavy (non-hydrogen) atoms. The average molecular weight is 458 g/mol. The van der Waals surface area contributed by atoms with Gasteiger partial charge in [0.05, 0.1) is 30.6 Å². The number of carbonyl (C=O) groups is 2. The van der Waals surface area contributed by atoms with Crippen molar-refractivity contribution in [3.63, 3.8) is 0 Å². The summed E-state index contributed by atoms with van der Waals surface area (Å²) in [6, 6.07) is 18.3. The van der Waals surface area contributed by atoms with Crippen LogP contribution in [0.25, 0.3) is 0 Å². The summed E-state index contributed by atoms with van der Waals surface area (Å²) in [4.78, 5) is 24.5. The largest absolute Gasteiger partial charge is 0.496 e. The van der Waals surface area contributed by atoms with Crippen LogP contribution in [0.15, 0.2) is 73.1 Å². The van der Waals surface area contributed by atoms with Gasteiger partial charge in [-0.25, -0.2) is 4.79 Å². The highest BCUT2D eigenvalue weighted by Crippen LogP contribution is 2.23. The van der Waals surface area contributed by atoms with E-state index in [4.69, 9.17) is 4.74 Å². The van der Waals surface area contributed by atoms with Crippen LogP contribution in [0.3, 0.4) is 0 Å². The van der Waals surface area contributed by atoms with Gasteiger partial charge in [0.2, 0.25) is 5.78 Å². The third-order valence-electron chi connectivity index (χ3n) is 5.81. The predicted octanol–water partition coefficient (Wildman–Crippen LogP) is 4.61. The predicted molar refractivity (Wildman–Crippen MR) is 129 cm³/mol. The van der Waals surface area contributed by atoms with Gasteiger partial charge in [0.1, 0.15) is 5.75 Å². The number of nitrogens with zero attached hydrogens (tertiary/aromatic N) is 3. The molecule has 0 aliphatic rings. The molecule has 2 heterocycles. The summed E-state index contributed by atoms with van der Waals surface area (Å²) in [5.74, 6) is -0.459. The number of rotatable bonds is 10. The number of carbonyl (C=O) groups excluding carboxylic acids is 1. The number of aryl methyl sites for hydroxylation is 3. The molecule has 0 amide bonds. The SMILES string of the molecule is COc1cccc(C(=O)O)c1Cn1ccc(CCCn2cccc2C(=O)c2ccc(C)cc2)n1. The van der Waals surface area contributed by atoms with Gasteiger partial charge in [-0.1, -0.05) is 35.9 Å². The molecule has 4 rings (SSSR count). The highest BCUT2D eigenvalue weighted by molar-refractivity contribution is 6.08. The Morgan fingerprint density at radius 1 is 1.00 bits per heavy atom. The first-order valence-electron chi connectivity index (χ1n) is 11.1. The van der Waals surface area contributed by atoms with Crippen LogP contribution in [-0.4, -0.2) is 38.3 Å². The van der Waals surface area contributed by atoms with Gasteiger partial charge < -0.3 is 14.4 Å².